The van der Waals surface area contributed by atoms with Gasteiger partial charge in [-0.3, -0.25) is 0 Å². The van der Waals surface area contributed by atoms with Crippen molar-refractivity contribution in [2.45, 2.75) is 37.6 Å². The molecule has 0 amide bonds. The molecule has 2 unspecified atom stereocenters. The Morgan fingerprint density at radius 2 is 1.84 bits per heavy atom. The Morgan fingerprint density at radius 1 is 1.21 bits per heavy atom. The second kappa shape index (κ2) is 5.92. The van der Waals surface area contributed by atoms with E-state index in [-0.39, 0.29) is 12.5 Å². The maximum absolute atomic E-state index is 12.6. The number of aliphatic hydroxyl groups is 1. The van der Waals surface area contributed by atoms with Crippen molar-refractivity contribution in [2.75, 3.05) is 6.54 Å². The first-order chi connectivity index (χ1) is 8.96. The third-order valence-corrected chi connectivity index (χ3v) is 3.38. The summed E-state index contributed by atoms with van der Waals surface area (Å²) in [5.41, 5.74) is 0.600. The topological polar surface area (TPSA) is 32.3 Å². The lowest BCUT2D eigenvalue weighted by molar-refractivity contribution is -0.140. The van der Waals surface area contributed by atoms with Gasteiger partial charge >= 0.3 is 6.18 Å². The Kier molecular flexibility index (Phi) is 4.47. The van der Waals surface area contributed by atoms with Crippen LogP contribution in [0.25, 0.3) is 0 Å². The van der Waals surface area contributed by atoms with E-state index in [4.69, 9.17) is 0 Å². The third kappa shape index (κ3) is 4.84. The lowest BCUT2D eigenvalue weighted by Crippen LogP contribution is -2.33. The van der Waals surface area contributed by atoms with E-state index in [0.717, 1.165) is 12.8 Å². The van der Waals surface area contributed by atoms with Crippen molar-refractivity contribution in [1.82, 2.24) is 5.32 Å². The molecule has 1 saturated carbocycles. The summed E-state index contributed by atoms with van der Waals surface area (Å²) in [4.78, 5) is 0. The zero-order chi connectivity index (χ0) is 13.9. The monoisotopic (exact) mass is 273 g/mol. The number of hydrogen-bond acceptors (Lipinski definition) is 2. The molecule has 0 aliphatic heterocycles. The first kappa shape index (κ1) is 14.3. The van der Waals surface area contributed by atoms with Gasteiger partial charge in [-0.25, -0.2) is 0 Å². The lowest BCUT2D eigenvalue weighted by Gasteiger charge is -2.22. The zero-order valence-electron chi connectivity index (χ0n) is 10.5. The summed E-state index contributed by atoms with van der Waals surface area (Å²) >= 11 is 0. The van der Waals surface area contributed by atoms with Gasteiger partial charge in [0, 0.05) is 12.6 Å². The molecule has 1 aliphatic rings. The van der Waals surface area contributed by atoms with E-state index < -0.39 is 24.7 Å². The molecule has 0 bridgehead atoms. The molecule has 2 nitrogen and oxygen atoms in total. The summed E-state index contributed by atoms with van der Waals surface area (Å²) < 4.78 is 37.8. The lowest BCUT2D eigenvalue weighted by atomic mass is 10.0. The molecule has 0 spiro atoms. The van der Waals surface area contributed by atoms with E-state index in [1.807, 2.05) is 0 Å². The van der Waals surface area contributed by atoms with E-state index in [1.165, 1.54) is 0 Å². The van der Waals surface area contributed by atoms with Crippen LogP contribution in [0.2, 0.25) is 0 Å². The minimum absolute atomic E-state index is 0.209. The van der Waals surface area contributed by atoms with Crippen LogP contribution in [0, 0.1) is 5.92 Å². The summed E-state index contributed by atoms with van der Waals surface area (Å²) in [6.45, 7) is 0.209. The van der Waals surface area contributed by atoms with Gasteiger partial charge in [0.2, 0.25) is 0 Å². The number of halogens is 3. The van der Waals surface area contributed by atoms with Crippen molar-refractivity contribution in [3.05, 3.63) is 35.9 Å². The number of alkyl halides is 3. The number of benzene rings is 1. The fraction of sp³-hybridized carbons (Fsp3) is 0.571. The maximum atomic E-state index is 12.6. The van der Waals surface area contributed by atoms with Gasteiger partial charge in [0.1, 0.15) is 0 Å². The van der Waals surface area contributed by atoms with E-state index in [0.29, 0.717) is 5.56 Å². The number of hydrogen-bond donors (Lipinski definition) is 2. The first-order valence-corrected chi connectivity index (χ1v) is 6.49. The van der Waals surface area contributed by atoms with Crippen molar-refractivity contribution in [3.63, 3.8) is 0 Å². The second-order valence-electron chi connectivity index (χ2n) is 5.10. The molecule has 0 radical (unpaired) electrons. The van der Waals surface area contributed by atoms with Crippen molar-refractivity contribution in [2.24, 2.45) is 5.92 Å². The Hall–Kier alpha value is -1.07. The van der Waals surface area contributed by atoms with Gasteiger partial charge in [-0.1, -0.05) is 30.3 Å². The highest BCUT2D eigenvalue weighted by Crippen LogP contribution is 2.33. The minimum Gasteiger partial charge on any atom is -0.392 e. The molecular formula is C14H18F3NO. The van der Waals surface area contributed by atoms with Gasteiger partial charge in [0.05, 0.1) is 12.5 Å². The summed E-state index contributed by atoms with van der Waals surface area (Å²) in [6, 6.07) is 7.76. The van der Waals surface area contributed by atoms with Crippen LogP contribution >= 0.6 is 0 Å². The van der Waals surface area contributed by atoms with Gasteiger partial charge in [0.25, 0.3) is 0 Å². The predicted octanol–water partition coefficient (Wildman–Crippen LogP) is 3.04. The molecule has 1 aromatic rings. The second-order valence-corrected chi connectivity index (χ2v) is 5.10. The van der Waals surface area contributed by atoms with Crippen LogP contribution in [-0.2, 0) is 0 Å². The van der Waals surface area contributed by atoms with Crippen LogP contribution in [0.1, 0.15) is 30.9 Å². The largest absolute Gasteiger partial charge is 0.392 e. The molecular weight excluding hydrogens is 255 g/mol. The van der Waals surface area contributed by atoms with Crippen LogP contribution < -0.4 is 5.32 Å². The summed E-state index contributed by atoms with van der Waals surface area (Å²) in [5, 5.41) is 12.6. The number of rotatable bonds is 6. The fourth-order valence-corrected chi connectivity index (χ4v) is 2.14. The quantitative estimate of drug-likeness (QED) is 0.835. The predicted molar refractivity (Wildman–Crippen MR) is 66.6 cm³/mol. The van der Waals surface area contributed by atoms with Crippen molar-refractivity contribution >= 4 is 0 Å². The van der Waals surface area contributed by atoms with Crippen molar-refractivity contribution in [3.8, 4) is 0 Å². The standard InChI is InChI=1S/C14H18F3NO/c15-14(16,17)8-12(10-4-2-1-3-5-10)18-9-13(19)11-6-7-11/h1-5,11-13,18-19H,6-9H2. The van der Waals surface area contributed by atoms with Crippen LogP contribution in [-0.4, -0.2) is 23.9 Å². The Morgan fingerprint density at radius 3 is 2.37 bits per heavy atom. The van der Waals surface area contributed by atoms with E-state index in [2.05, 4.69) is 5.32 Å². The van der Waals surface area contributed by atoms with Gasteiger partial charge in [0.15, 0.2) is 0 Å². The normalized spacial score (nSPS) is 19.2. The van der Waals surface area contributed by atoms with Gasteiger partial charge in [-0.2, -0.15) is 13.2 Å². The molecule has 0 aromatic heterocycles. The molecule has 19 heavy (non-hydrogen) atoms. The molecule has 5 heteroatoms. The van der Waals surface area contributed by atoms with E-state index >= 15 is 0 Å². The SMILES string of the molecule is OC(CNC(CC(F)(F)F)c1ccccc1)C1CC1. The van der Waals surface area contributed by atoms with Crippen LogP contribution in [0.15, 0.2) is 30.3 Å². The molecule has 2 rings (SSSR count). The van der Waals surface area contributed by atoms with E-state index in [1.54, 1.807) is 30.3 Å². The molecule has 2 atom stereocenters. The average molecular weight is 273 g/mol. The molecule has 106 valence electrons. The van der Waals surface area contributed by atoms with Gasteiger partial charge < -0.3 is 10.4 Å². The van der Waals surface area contributed by atoms with Gasteiger partial charge in [-0.15, -0.1) is 0 Å². The Balaban J connectivity index is 1.97. The van der Waals surface area contributed by atoms with Gasteiger partial charge in [-0.05, 0) is 24.3 Å². The van der Waals surface area contributed by atoms with Crippen molar-refractivity contribution < 1.29 is 18.3 Å². The summed E-state index contributed by atoms with van der Waals surface area (Å²) in [7, 11) is 0. The summed E-state index contributed by atoms with van der Waals surface area (Å²) in [6.07, 6.45) is -3.75. The zero-order valence-corrected chi connectivity index (χ0v) is 10.5. The maximum Gasteiger partial charge on any atom is 0.390 e. The molecule has 0 saturated heterocycles. The van der Waals surface area contributed by atoms with E-state index in [9.17, 15) is 18.3 Å². The highest BCUT2D eigenvalue weighted by atomic mass is 19.4. The smallest absolute Gasteiger partial charge is 0.390 e. The first-order valence-electron chi connectivity index (χ1n) is 6.49. The average Bonchev–Trinajstić information content (AvgIpc) is 3.18. The fourth-order valence-electron chi connectivity index (χ4n) is 2.14. The molecule has 1 aliphatic carbocycles. The third-order valence-electron chi connectivity index (χ3n) is 3.38. The molecule has 2 N–H and O–H groups in total. The number of nitrogens with one attached hydrogen (secondary N) is 1. The minimum atomic E-state index is -4.22. The Bertz CT molecular complexity index is 389. The number of aliphatic hydroxyl groups excluding tert-OH is 1. The van der Waals surface area contributed by atoms with Crippen LogP contribution in [0.5, 0.6) is 0 Å². The molecule has 1 aromatic carbocycles. The van der Waals surface area contributed by atoms with Crippen LogP contribution in [0.4, 0.5) is 13.2 Å². The Labute approximate surface area is 110 Å². The summed E-state index contributed by atoms with van der Waals surface area (Å²) in [5.74, 6) is 0.259. The van der Waals surface area contributed by atoms with Crippen LogP contribution in [0.3, 0.4) is 0 Å². The molecule has 1 fully saturated rings. The highest BCUT2D eigenvalue weighted by molar-refractivity contribution is 5.19. The van der Waals surface area contributed by atoms with Crippen molar-refractivity contribution in [1.29, 1.82) is 0 Å². The molecule has 0 heterocycles. The highest BCUT2D eigenvalue weighted by Gasteiger charge is 2.34.